The molecule has 1 aromatic heterocycles. The summed E-state index contributed by atoms with van der Waals surface area (Å²) in [5.74, 6) is 2.12. The Balaban J connectivity index is 1.53. The van der Waals surface area contributed by atoms with E-state index < -0.39 is 0 Å². The third kappa shape index (κ3) is 4.02. The Bertz CT molecular complexity index is 689. The summed E-state index contributed by atoms with van der Waals surface area (Å²) in [4.78, 5) is 14.5. The standard InChI is InChI=1S/C18H22ClN3O2/c1-12(2)17-20-21-18(24-17)14-7-9-22(10-8-14)11-16(23)13-3-5-15(19)6-4-13/h3-6,12,14H,7-11H2,1-2H3. The minimum atomic E-state index is 0.130. The molecule has 1 aliphatic rings. The molecule has 0 N–H and O–H groups in total. The number of halogens is 1. The summed E-state index contributed by atoms with van der Waals surface area (Å²) in [6.45, 7) is 6.26. The van der Waals surface area contributed by atoms with Crippen molar-refractivity contribution in [3.63, 3.8) is 0 Å². The Morgan fingerprint density at radius 2 is 1.92 bits per heavy atom. The number of benzene rings is 1. The highest BCUT2D eigenvalue weighted by atomic mass is 35.5. The predicted octanol–water partition coefficient (Wildman–Crippen LogP) is 3.91. The molecule has 1 fully saturated rings. The predicted molar refractivity (Wildman–Crippen MR) is 92.6 cm³/mol. The first-order valence-electron chi connectivity index (χ1n) is 8.37. The number of hydrogen-bond acceptors (Lipinski definition) is 5. The molecule has 0 spiro atoms. The molecule has 3 rings (SSSR count). The van der Waals surface area contributed by atoms with Crippen LogP contribution in [-0.2, 0) is 0 Å². The van der Waals surface area contributed by atoms with Crippen LogP contribution in [0.4, 0.5) is 0 Å². The first kappa shape index (κ1) is 17.1. The van der Waals surface area contributed by atoms with Gasteiger partial charge in [-0.25, -0.2) is 0 Å². The maximum absolute atomic E-state index is 12.3. The van der Waals surface area contributed by atoms with Gasteiger partial charge < -0.3 is 4.42 Å². The maximum Gasteiger partial charge on any atom is 0.219 e. The lowest BCUT2D eigenvalue weighted by Gasteiger charge is -2.29. The van der Waals surface area contributed by atoms with Crippen molar-refractivity contribution in [2.45, 2.75) is 38.5 Å². The summed E-state index contributed by atoms with van der Waals surface area (Å²) in [5, 5.41) is 8.94. The average molecular weight is 348 g/mol. The Hall–Kier alpha value is -1.72. The summed E-state index contributed by atoms with van der Waals surface area (Å²) in [6.07, 6.45) is 1.88. The summed E-state index contributed by atoms with van der Waals surface area (Å²) in [7, 11) is 0. The van der Waals surface area contributed by atoms with E-state index in [1.54, 1.807) is 24.3 Å². The Labute approximate surface area is 147 Å². The zero-order valence-corrected chi connectivity index (χ0v) is 14.8. The molecule has 1 aromatic carbocycles. The van der Waals surface area contributed by atoms with Crippen molar-refractivity contribution in [1.29, 1.82) is 0 Å². The smallest absolute Gasteiger partial charge is 0.219 e. The average Bonchev–Trinajstić information content (AvgIpc) is 3.06. The number of carbonyl (C=O) groups is 1. The van der Waals surface area contributed by atoms with Crippen LogP contribution < -0.4 is 0 Å². The number of aromatic nitrogens is 2. The Morgan fingerprint density at radius 1 is 1.25 bits per heavy atom. The number of Topliss-reactive ketones (excluding diaryl/α,β-unsaturated/α-hetero) is 1. The van der Waals surface area contributed by atoms with Gasteiger partial charge in [0, 0.05) is 22.4 Å². The molecule has 5 nitrogen and oxygen atoms in total. The highest BCUT2D eigenvalue weighted by molar-refractivity contribution is 6.30. The van der Waals surface area contributed by atoms with Gasteiger partial charge in [0.05, 0.1) is 6.54 Å². The van der Waals surface area contributed by atoms with Gasteiger partial charge in [0.1, 0.15) is 0 Å². The minimum absolute atomic E-state index is 0.130. The molecule has 0 amide bonds. The SMILES string of the molecule is CC(C)c1nnc(C2CCN(CC(=O)c3ccc(Cl)cc3)CC2)o1. The van der Waals surface area contributed by atoms with Crippen molar-refractivity contribution in [3.8, 4) is 0 Å². The number of rotatable bonds is 5. The van der Waals surface area contributed by atoms with Crippen LogP contribution in [0.2, 0.25) is 5.02 Å². The maximum atomic E-state index is 12.3. The fourth-order valence-corrected chi connectivity index (χ4v) is 3.04. The zero-order valence-electron chi connectivity index (χ0n) is 14.0. The van der Waals surface area contributed by atoms with Gasteiger partial charge in [-0.1, -0.05) is 25.4 Å². The highest BCUT2D eigenvalue weighted by Gasteiger charge is 2.26. The van der Waals surface area contributed by atoms with Crippen LogP contribution in [0.15, 0.2) is 28.7 Å². The second-order valence-corrected chi connectivity index (χ2v) is 7.05. The number of ketones is 1. The monoisotopic (exact) mass is 347 g/mol. The molecule has 2 aromatic rings. The van der Waals surface area contributed by atoms with Crippen molar-refractivity contribution in [2.75, 3.05) is 19.6 Å². The van der Waals surface area contributed by atoms with Crippen LogP contribution in [0.3, 0.4) is 0 Å². The van der Waals surface area contributed by atoms with Gasteiger partial charge in [-0.05, 0) is 50.2 Å². The lowest BCUT2D eigenvalue weighted by atomic mass is 9.96. The van der Waals surface area contributed by atoms with Crippen molar-refractivity contribution in [2.24, 2.45) is 0 Å². The number of likely N-dealkylation sites (tertiary alicyclic amines) is 1. The topological polar surface area (TPSA) is 59.2 Å². The van der Waals surface area contributed by atoms with Gasteiger partial charge in [0.15, 0.2) is 5.78 Å². The molecule has 0 unspecified atom stereocenters. The lowest BCUT2D eigenvalue weighted by Crippen LogP contribution is -2.36. The highest BCUT2D eigenvalue weighted by Crippen LogP contribution is 2.28. The molecule has 0 bridgehead atoms. The van der Waals surface area contributed by atoms with Gasteiger partial charge in [0.2, 0.25) is 11.8 Å². The Morgan fingerprint density at radius 3 is 2.50 bits per heavy atom. The summed E-state index contributed by atoms with van der Waals surface area (Å²) < 4.78 is 5.76. The molecule has 128 valence electrons. The summed E-state index contributed by atoms with van der Waals surface area (Å²) in [6, 6.07) is 7.07. The molecule has 0 radical (unpaired) electrons. The summed E-state index contributed by atoms with van der Waals surface area (Å²) in [5.41, 5.74) is 0.708. The lowest BCUT2D eigenvalue weighted by molar-refractivity contribution is 0.0905. The quantitative estimate of drug-likeness (QED) is 0.767. The van der Waals surface area contributed by atoms with Crippen molar-refractivity contribution in [1.82, 2.24) is 15.1 Å². The van der Waals surface area contributed by atoms with Gasteiger partial charge in [-0.2, -0.15) is 0 Å². The van der Waals surface area contributed by atoms with Crippen molar-refractivity contribution >= 4 is 17.4 Å². The van der Waals surface area contributed by atoms with Gasteiger partial charge in [-0.3, -0.25) is 9.69 Å². The number of nitrogens with zero attached hydrogens (tertiary/aromatic N) is 3. The van der Waals surface area contributed by atoms with Gasteiger partial charge in [0.25, 0.3) is 0 Å². The van der Waals surface area contributed by atoms with E-state index in [0.717, 1.165) is 31.8 Å². The van der Waals surface area contributed by atoms with Crippen LogP contribution >= 0.6 is 11.6 Å². The van der Waals surface area contributed by atoms with E-state index in [1.807, 2.05) is 13.8 Å². The van der Waals surface area contributed by atoms with Crippen LogP contribution in [0.5, 0.6) is 0 Å². The number of piperidine rings is 1. The van der Waals surface area contributed by atoms with E-state index in [4.69, 9.17) is 16.0 Å². The van der Waals surface area contributed by atoms with E-state index in [-0.39, 0.29) is 11.7 Å². The molecule has 0 atom stereocenters. The molecule has 0 saturated carbocycles. The van der Waals surface area contributed by atoms with Crippen LogP contribution in [0.1, 0.15) is 60.7 Å². The molecule has 2 heterocycles. The molecule has 1 saturated heterocycles. The molecular formula is C18H22ClN3O2. The number of hydrogen-bond donors (Lipinski definition) is 0. The first-order valence-corrected chi connectivity index (χ1v) is 8.75. The van der Waals surface area contributed by atoms with E-state index in [1.165, 1.54) is 0 Å². The molecule has 6 heteroatoms. The fraction of sp³-hybridized carbons (Fsp3) is 0.500. The first-order chi connectivity index (χ1) is 11.5. The minimum Gasteiger partial charge on any atom is -0.425 e. The second kappa shape index (κ2) is 7.45. The van der Waals surface area contributed by atoms with Crippen molar-refractivity contribution < 1.29 is 9.21 Å². The second-order valence-electron chi connectivity index (χ2n) is 6.61. The van der Waals surface area contributed by atoms with Gasteiger partial charge >= 0.3 is 0 Å². The van der Waals surface area contributed by atoms with Crippen LogP contribution in [0.25, 0.3) is 0 Å². The normalized spacial score (nSPS) is 16.7. The third-order valence-corrected chi connectivity index (χ3v) is 4.67. The zero-order chi connectivity index (χ0) is 17.1. The fourth-order valence-electron chi connectivity index (χ4n) is 2.91. The molecule has 1 aliphatic heterocycles. The van der Waals surface area contributed by atoms with Crippen molar-refractivity contribution in [3.05, 3.63) is 46.6 Å². The van der Waals surface area contributed by atoms with Crippen LogP contribution in [-0.4, -0.2) is 40.5 Å². The van der Waals surface area contributed by atoms with Crippen LogP contribution in [0, 0.1) is 0 Å². The van der Waals surface area contributed by atoms with E-state index in [9.17, 15) is 4.79 Å². The Kier molecular flexibility index (Phi) is 5.31. The van der Waals surface area contributed by atoms with E-state index >= 15 is 0 Å². The van der Waals surface area contributed by atoms with E-state index in [2.05, 4.69) is 15.1 Å². The third-order valence-electron chi connectivity index (χ3n) is 4.42. The number of carbonyl (C=O) groups excluding carboxylic acids is 1. The molecule has 0 aliphatic carbocycles. The van der Waals surface area contributed by atoms with E-state index in [0.29, 0.717) is 28.9 Å². The summed E-state index contributed by atoms with van der Waals surface area (Å²) >= 11 is 5.86. The molecule has 24 heavy (non-hydrogen) atoms. The molecular weight excluding hydrogens is 326 g/mol. The van der Waals surface area contributed by atoms with Gasteiger partial charge in [-0.15, -0.1) is 10.2 Å². The largest absolute Gasteiger partial charge is 0.425 e.